The lowest BCUT2D eigenvalue weighted by Gasteiger charge is -2.36. The van der Waals surface area contributed by atoms with Gasteiger partial charge in [0.2, 0.25) is 0 Å². The van der Waals surface area contributed by atoms with Gasteiger partial charge in [-0.1, -0.05) is 43.6 Å². The van der Waals surface area contributed by atoms with E-state index in [4.69, 9.17) is 22.1 Å². The molecule has 0 radical (unpaired) electrons. The Morgan fingerprint density at radius 1 is 1.32 bits per heavy atom. The van der Waals surface area contributed by atoms with E-state index >= 15 is 0 Å². The van der Waals surface area contributed by atoms with Crippen molar-refractivity contribution in [2.45, 2.75) is 51.7 Å². The summed E-state index contributed by atoms with van der Waals surface area (Å²) in [4.78, 5) is 0. The lowest BCUT2D eigenvalue weighted by atomic mass is 9.76. The van der Waals surface area contributed by atoms with Crippen LogP contribution in [0.3, 0.4) is 0 Å². The van der Waals surface area contributed by atoms with E-state index in [0.29, 0.717) is 18.1 Å². The van der Waals surface area contributed by atoms with Gasteiger partial charge in [-0.15, -0.1) is 0 Å². The molecule has 1 aromatic rings. The van der Waals surface area contributed by atoms with Crippen molar-refractivity contribution in [2.24, 2.45) is 11.1 Å². The summed E-state index contributed by atoms with van der Waals surface area (Å²) >= 11 is 6.23. The first-order valence-corrected chi connectivity index (χ1v) is 7.49. The second-order valence-corrected chi connectivity index (χ2v) is 6.65. The first-order valence-electron chi connectivity index (χ1n) is 7.12. The van der Waals surface area contributed by atoms with E-state index < -0.39 is 0 Å². The molecule has 2 nitrogen and oxygen atoms in total. The topological polar surface area (TPSA) is 35.2 Å². The van der Waals surface area contributed by atoms with Crippen LogP contribution in [0.2, 0.25) is 5.02 Å². The third kappa shape index (κ3) is 3.95. The average Bonchev–Trinajstić information content (AvgIpc) is 2.39. The highest BCUT2D eigenvalue weighted by Gasteiger charge is 2.29. The van der Waals surface area contributed by atoms with E-state index in [1.54, 1.807) is 0 Å². The standard InChI is InChI=1S/C16H24ClNO/c1-16(2)9-7-12(8-10-16)19-15(11-18)13-5-3-4-6-14(13)17/h3-6,12,15H,7-11,18H2,1-2H3. The summed E-state index contributed by atoms with van der Waals surface area (Å²) in [6.07, 6.45) is 4.91. The molecule has 1 atom stereocenters. The third-order valence-corrected chi connectivity index (χ3v) is 4.45. The normalized spacial score (nSPS) is 21.3. The fourth-order valence-electron chi connectivity index (χ4n) is 2.73. The van der Waals surface area contributed by atoms with E-state index in [1.165, 1.54) is 12.8 Å². The summed E-state index contributed by atoms with van der Waals surface area (Å²) in [6.45, 7) is 5.14. The van der Waals surface area contributed by atoms with Crippen LogP contribution in [0.1, 0.15) is 51.2 Å². The Bertz CT molecular complexity index is 409. The summed E-state index contributed by atoms with van der Waals surface area (Å²) in [5, 5.41) is 0.745. The molecule has 0 bridgehead atoms. The minimum Gasteiger partial charge on any atom is -0.369 e. The van der Waals surface area contributed by atoms with Gasteiger partial charge in [0.1, 0.15) is 0 Å². The maximum absolute atomic E-state index is 6.23. The molecule has 0 aromatic heterocycles. The van der Waals surface area contributed by atoms with Crippen LogP contribution in [0, 0.1) is 5.41 Å². The number of hydrogen-bond donors (Lipinski definition) is 1. The maximum Gasteiger partial charge on any atom is 0.0965 e. The van der Waals surface area contributed by atoms with Gasteiger partial charge in [-0.25, -0.2) is 0 Å². The van der Waals surface area contributed by atoms with Crippen molar-refractivity contribution in [3.63, 3.8) is 0 Å². The summed E-state index contributed by atoms with van der Waals surface area (Å²) in [5.41, 5.74) is 7.33. The zero-order valence-electron chi connectivity index (χ0n) is 11.9. The molecule has 19 heavy (non-hydrogen) atoms. The van der Waals surface area contributed by atoms with Crippen LogP contribution in [0.25, 0.3) is 0 Å². The van der Waals surface area contributed by atoms with Crippen LogP contribution in [-0.4, -0.2) is 12.6 Å². The number of benzene rings is 1. The van der Waals surface area contributed by atoms with Gasteiger partial charge < -0.3 is 10.5 Å². The Morgan fingerprint density at radius 3 is 2.53 bits per heavy atom. The molecule has 0 amide bonds. The first-order chi connectivity index (χ1) is 9.02. The highest BCUT2D eigenvalue weighted by atomic mass is 35.5. The van der Waals surface area contributed by atoms with Crippen LogP contribution < -0.4 is 5.73 Å². The SMILES string of the molecule is CC1(C)CCC(OC(CN)c2ccccc2Cl)CC1. The minimum absolute atomic E-state index is 0.0834. The van der Waals surface area contributed by atoms with Crippen LogP contribution in [-0.2, 0) is 4.74 Å². The Hall–Kier alpha value is -0.570. The molecule has 2 N–H and O–H groups in total. The first kappa shape index (κ1) is 14.8. The Labute approximate surface area is 121 Å². The summed E-state index contributed by atoms with van der Waals surface area (Å²) < 4.78 is 6.19. The predicted octanol–water partition coefficient (Wildman–Crippen LogP) is 4.33. The Morgan fingerprint density at radius 2 is 1.95 bits per heavy atom. The van der Waals surface area contributed by atoms with Gasteiger partial charge >= 0.3 is 0 Å². The quantitative estimate of drug-likeness (QED) is 0.892. The van der Waals surface area contributed by atoms with Crippen molar-refractivity contribution in [1.29, 1.82) is 0 Å². The third-order valence-electron chi connectivity index (χ3n) is 4.11. The van der Waals surface area contributed by atoms with E-state index in [9.17, 15) is 0 Å². The van der Waals surface area contributed by atoms with Gasteiger partial charge in [0.15, 0.2) is 0 Å². The van der Waals surface area contributed by atoms with Crippen LogP contribution in [0.4, 0.5) is 0 Å². The monoisotopic (exact) mass is 281 g/mol. The highest BCUT2D eigenvalue weighted by Crippen LogP contribution is 2.38. The molecule has 1 aliphatic carbocycles. The van der Waals surface area contributed by atoms with Crippen molar-refractivity contribution in [3.8, 4) is 0 Å². The largest absolute Gasteiger partial charge is 0.369 e. The number of hydrogen-bond acceptors (Lipinski definition) is 2. The molecule has 2 rings (SSSR count). The van der Waals surface area contributed by atoms with E-state index in [2.05, 4.69) is 13.8 Å². The van der Waals surface area contributed by atoms with E-state index in [-0.39, 0.29) is 6.10 Å². The molecule has 1 aromatic carbocycles. The Balaban J connectivity index is 1.99. The zero-order valence-corrected chi connectivity index (χ0v) is 12.6. The molecule has 0 spiro atoms. The van der Waals surface area contributed by atoms with Gasteiger partial charge in [-0.3, -0.25) is 0 Å². The van der Waals surface area contributed by atoms with Gasteiger partial charge in [0, 0.05) is 17.1 Å². The predicted molar refractivity (Wildman–Crippen MR) is 80.4 cm³/mol. The van der Waals surface area contributed by atoms with Crippen molar-refractivity contribution < 1.29 is 4.74 Å². The number of ether oxygens (including phenoxy) is 1. The van der Waals surface area contributed by atoms with Crippen LogP contribution >= 0.6 is 11.6 Å². The molecule has 1 unspecified atom stereocenters. The zero-order chi connectivity index (χ0) is 13.9. The number of rotatable bonds is 4. The summed E-state index contributed by atoms with van der Waals surface area (Å²) in [5.74, 6) is 0. The lowest BCUT2D eigenvalue weighted by Crippen LogP contribution is -2.29. The van der Waals surface area contributed by atoms with Crippen LogP contribution in [0.5, 0.6) is 0 Å². The molecule has 3 heteroatoms. The minimum atomic E-state index is -0.0834. The molecule has 0 saturated heterocycles. The molecular weight excluding hydrogens is 258 g/mol. The van der Waals surface area contributed by atoms with Gasteiger partial charge in [0.05, 0.1) is 12.2 Å². The molecule has 1 saturated carbocycles. The van der Waals surface area contributed by atoms with Crippen LogP contribution in [0.15, 0.2) is 24.3 Å². The van der Waals surface area contributed by atoms with Gasteiger partial charge in [-0.05, 0) is 37.2 Å². The van der Waals surface area contributed by atoms with Gasteiger partial charge in [0.25, 0.3) is 0 Å². The Kier molecular flexibility index (Phi) is 4.88. The molecule has 106 valence electrons. The molecule has 0 heterocycles. The number of halogens is 1. The fourth-order valence-corrected chi connectivity index (χ4v) is 2.99. The van der Waals surface area contributed by atoms with Crippen molar-refractivity contribution >= 4 is 11.6 Å². The maximum atomic E-state index is 6.23. The second kappa shape index (κ2) is 6.25. The highest BCUT2D eigenvalue weighted by molar-refractivity contribution is 6.31. The van der Waals surface area contributed by atoms with Crippen molar-refractivity contribution in [3.05, 3.63) is 34.9 Å². The lowest BCUT2D eigenvalue weighted by molar-refractivity contribution is -0.0428. The smallest absolute Gasteiger partial charge is 0.0965 e. The molecule has 0 aliphatic heterocycles. The fraction of sp³-hybridized carbons (Fsp3) is 0.625. The number of nitrogens with two attached hydrogens (primary N) is 1. The van der Waals surface area contributed by atoms with E-state index in [1.807, 2.05) is 24.3 Å². The summed E-state index contributed by atoms with van der Waals surface area (Å²) in [7, 11) is 0. The van der Waals surface area contributed by atoms with Crippen molar-refractivity contribution in [2.75, 3.05) is 6.54 Å². The molecule has 1 aliphatic rings. The van der Waals surface area contributed by atoms with E-state index in [0.717, 1.165) is 23.4 Å². The summed E-state index contributed by atoms with van der Waals surface area (Å²) in [6, 6.07) is 7.82. The average molecular weight is 282 g/mol. The molecule has 1 fully saturated rings. The second-order valence-electron chi connectivity index (χ2n) is 6.25. The van der Waals surface area contributed by atoms with Gasteiger partial charge in [-0.2, -0.15) is 0 Å². The van der Waals surface area contributed by atoms with Crippen molar-refractivity contribution in [1.82, 2.24) is 0 Å². The molecular formula is C16H24ClNO.